The van der Waals surface area contributed by atoms with Gasteiger partial charge in [0.25, 0.3) is 0 Å². The molecule has 0 spiro atoms. The highest BCUT2D eigenvalue weighted by Gasteiger charge is 2.26. The van der Waals surface area contributed by atoms with Crippen molar-refractivity contribution in [2.24, 2.45) is 0 Å². The van der Waals surface area contributed by atoms with Crippen LogP contribution in [0.1, 0.15) is 39.6 Å². The van der Waals surface area contributed by atoms with Crippen LogP contribution in [0.15, 0.2) is 54.6 Å². The molecule has 7 rings (SSSR count). The summed E-state index contributed by atoms with van der Waals surface area (Å²) in [5.41, 5.74) is 5.35. The molecule has 1 fully saturated rings. The zero-order valence-electron chi connectivity index (χ0n) is 21.7. The molecule has 204 valence electrons. The number of benzene rings is 3. The third-order valence-electron chi connectivity index (χ3n) is 7.96. The normalized spacial score (nSPS) is 17.3. The molecule has 0 bridgehead atoms. The van der Waals surface area contributed by atoms with E-state index >= 15 is 0 Å². The second-order valence-electron chi connectivity index (χ2n) is 10.5. The van der Waals surface area contributed by atoms with Crippen LogP contribution in [0.5, 0.6) is 0 Å². The number of nitrogens with zero attached hydrogens (tertiary/aromatic N) is 5. The molecule has 1 N–H and O–H groups in total. The summed E-state index contributed by atoms with van der Waals surface area (Å²) in [6, 6.07) is 15.9. The average molecular weight is 560 g/mol. The smallest absolute Gasteiger partial charge is 0.335 e. The number of carbonyl (C=O) groups is 1. The van der Waals surface area contributed by atoms with E-state index in [0.717, 1.165) is 65.4 Å². The van der Waals surface area contributed by atoms with Crippen molar-refractivity contribution in [3.8, 4) is 0 Å². The number of carboxylic acid groups (broad SMARTS) is 1. The van der Waals surface area contributed by atoms with Gasteiger partial charge in [-0.05, 0) is 53.9 Å². The average Bonchev–Trinajstić information content (AvgIpc) is 3.45. The predicted molar refractivity (Wildman–Crippen MR) is 149 cm³/mol. The summed E-state index contributed by atoms with van der Waals surface area (Å²) >= 11 is 5.95. The van der Waals surface area contributed by atoms with E-state index in [9.17, 15) is 14.3 Å². The highest BCUT2D eigenvalue weighted by atomic mass is 35.5. The largest absolute Gasteiger partial charge is 0.478 e. The van der Waals surface area contributed by atoms with Crippen LogP contribution >= 0.6 is 11.6 Å². The van der Waals surface area contributed by atoms with Crippen molar-refractivity contribution < 1.29 is 19.0 Å². The minimum Gasteiger partial charge on any atom is -0.478 e. The fourth-order valence-electron chi connectivity index (χ4n) is 5.75. The van der Waals surface area contributed by atoms with E-state index in [4.69, 9.17) is 26.3 Å². The molecule has 0 aliphatic carbocycles. The molecule has 0 radical (unpaired) electrons. The number of aromatic nitrogens is 4. The van der Waals surface area contributed by atoms with Gasteiger partial charge in [-0.15, -0.1) is 0 Å². The maximum Gasteiger partial charge on any atom is 0.335 e. The number of fused-ring (bicyclic) bond motifs is 4. The Bertz CT molecular complexity index is 1780. The lowest BCUT2D eigenvalue weighted by Crippen LogP contribution is -2.35. The zero-order valence-corrected chi connectivity index (χ0v) is 22.4. The summed E-state index contributed by atoms with van der Waals surface area (Å²) < 4.78 is 24.6. The molecule has 2 aliphatic rings. The second-order valence-corrected chi connectivity index (χ2v) is 11.0. The van der Waals surface area contributed by atoms with Gasteiger partial charge in [0.05, 0.1) is 53.4 Å². The topological polar surface area (TPSA) is 85.4 Å². The van der Waals surface area contributed by atoms with E-state index in [1.165, 1.54) is 6.07 Å². The quantitative estimate of drug-likeness (QED) is 0.292. The predicted octanol–water partition coefficient (Wildman–Crippen LogP) is 5.27. The van der Waals surface area contributed by atoms with Crippen LogP contribution in [0, 0.1) is 5.82 Å². The number of hydrogen-bond acceptors (Lipinski definition) is 5. The van der Waals surface area contributed by atoms with Crippen molar-refractivity contribution >= 4 is 39.6 Å². The van der Waals surface area contributed by atoms with E-state index in [-0.39, 0.29) is 17.5 Å². The van der Waals surface area contributed by atoms with E-state index < -0.39 is 5.97 Å². The number of imidazole rings is 2. The Morgan fingerprint density at radius 3 is 2.73 bits per heavy atom. The Balaban J connectivity index is 1.18. The van der Waals surface area contributed by atoms with Gasteiger partial charge in [0.15, 0.2) is 0 Å². The lowest BCUT2D eigenvalue weighted by molar-refractivity contribution is -0.0592. The molecule has 0 saturated carbocycles. The SMILES string of the molecule is O=C(O)c1ccc2nc(CN3CCn4c(nc5c(Cc6ccc(Cl)cc6F)cccc54)C3)n(CC3CCO3)c2c1. The third-order valence-corrected chi connectivity index (χ3v) is 8.20. The fraction of sp³-hybridized carbons (Fsp3) is 0.300. The third kappa shape index (κ3) is 4.54. The van der Waals surface area contributed by atoms with Crippen molar-refractivity contribution in [2.45, 2.75) is 45.1 Å². The first-order valence-corrected chi connectivity index (χ1v) is 13.8. The van der Waals surface area contributed by atoms with Gasteiger partial charge < -0.3 is 19.0 Å². The molecule has 1 saturated heterocycles. The van der Waals surface area contributed by atoms with Gasteiger partial charge in [0.2, 0.25) is 0 Å². The fourth-order valence-corrected chi connectivity index (χ4v) is 5.91. The number of carboxylic acids is 1. The molecule has 1 atom stereocenters. The van der Waals surface area contributed by atoms with Crippen LogP contribution < -0.4 is 0 Å². The number of aromatic carboxylic acids is 1. The van der Waals surface area contributed by atoms with Gasteiger partial charge in [-0.3, -0.25) is 4.90 Å². The van der Waals surface area contributed by atoms with E-state index in [2.05, 4.69) is 20.1 Å². The molecule has 2 aliphatic heterocycles. The number of hydrogen-bond donors (Lipinski definition) is 1. The number of rotatable bonds is 7. The van der Waals surface area contributed by atoms with Gasteiger partial charge in [-0.25, -0.2) is 19.2 Å². The molecular weight excluding hydrogens is 533 g/mol. The molecule has 1 unspecified atom stereocenters. The molecule has 5 aromatic rings. The highest BCUT2D eigenvalue weighted by Crippen LogP contribution is 2.28. The second kappa shape index (κ2) is 9.99. The Morgan fingerprint density at radius 1 is 1.07 bits per heavy atom. The van der Waals surface area contributed by atoms with Gasteiger partial charge in [-0.1, -0.05) is 29.8 Å². The van der Waals surface area contributed by atoms with Crippen molar-refractivity contribution in [3.63, 3.8) is 0 Å². The summed E-state index contributed by atoms with van der Waals surface area (Å²) in [7, 11) is 0. The van der Waals surface area contributed by atoms with Gasteiger partial charge >= 0.3 is 5.97 Å². The molecule has 8 nitrogen and oxygen atoms in total. The first-order valence-electron chi connectivity index (χ1n) is 13.4. The summed E-state index contributed by atoms with van der Waals surface area (Å²) in [6.07, 6.45) is 1.53. The lowest BCUT2D eigenvalue weighted by atomic mass is 10.0. The molecule has 4 heterocycles. The zero-order chi connectivity index (χ0) is 27.4. The minimum atomic E-state index is -0.954. The maximum atomic E-state index is 14.5. The number of para-hydroxylation sites is 1. The minimum absolute atomic E-state index is 0.110. The molecule has 3 aromatic carbocycles. The summed E-state index contributed by atoms with van der Waals surface area (Å²) in [5.74, 6) is 0.578. The van der Waals surface area contributed by atoms with Crippen LogP contribution in [0.25, 0.3) is 22.1 Å². The molecule has 40 heavy (non-hydrogen) atoms. The maximum absolute atomic E-state index is 14.5. The number of halogens is 2. The molecule has 0 amide bonds. The summed E-state index contributed by atoms with van der Waals surface area (Å²) in [4.78, 5) is 23.8. The van der Waals surface area contributed by atoms with Crippen LogP contribution in [0.3, 0.4) is 0 Å². The Morgan fingerprint density at radius 2 is 1.95 bits per heavy atom. The number of ether oxygens (including phenoxy) is 1. The summed E-state index contributed by atoms with van der Waals surface area (Å²) in [5, 5.41) is 9.91. The van der Waals surface area contributed by atoms with Crippen molar-refractivity contribution in [1.29, 1.82) is 0 Å². The van der Waals surface area contributed by atoms with Gasteiger partial charge in [-0.2, -0.15) is 0 Å². The molecule has 2 aromatic heterocycles. The Kier molecular flexibility index (Phi) is 6.30. The van der Waals surface area contributed by atoms with E-state index in [1.807, 2.05) is 12.1 Å². The van der Waals surface area contributed by atoms with Gasteiger partial charge in [0, 0.05) is 31.1 Å². The van der Waals surface area contributed by atoms with E-state index in [0.29, 0.717) is 36.6 Å². The first-order chi connectivity index (χ1) is 19.4. The van der Waals surface area contributed by atoms with Crippen LogP contribution in [-0.2, 0) is 37.3 Å². The standard InChI is InChI=1S/C30H27ClFN5O3/c31-21-6-4-18(23(32)14-21)12-19-2-1-3-25-29(19)34-28-17-35(9-10-36(25)28)16-27-33-24-7-5-20(30(38)39)13-26(24)37(27)15-22-8-11-40-22/h1-7,13-14,22H,8-12,15-17H2,(H,38,39). The van der Waals surface area contributed by atoms with Crippen LogP contribution in [-0.4, -0.2) is 54.3 Å². The Hall–Kier alpha value is -3.79. The first kappa shape index (κ1) is 25.2. The van der Waals surface area contributed by atoms with Crippen molar-refractivity contribution in [1.82, 2.24) is 24.0 Å². The van der Waals surface area contributed by atoms with Crippen molar-refractivity contribution in [3.05, 3.63) is 93.8 Å². The Labute approximate surface area is 234 Å². The summed E-state index contributed by atoms with van der Waals surface area (Å²) in [6.45, 7) is 4.24. The molecule has 10 heteroatoms. The van der Waals surface area contributed by atoms with Crippen molar-refractivity contribution in [2.75, 3.05) is 13.2 Å². The highest BCUT2D eigenvalue weighted by molar-refractivity contribution is 6.30. The van der Waals surface area contributed by atoms with Gasteiger partial charge in [0.1, 0.15) is 17.5 Å². The lowest BCUT2D eigenvalue weighted by Gasteiger charge is -2.30. The monoisotopic (exact) mass is 559 g/mol. The van der Waals surface area contributed by atoms with Crippen LogP contribution in [0.2, 0.25) is 5.02 Å². The van der Waals surface area contributed by atoms with E-state index in [1.54, 1.807) is 30.3 Å². The van der Waals surface area contributed by atoms with Crippen LogP contribution in [0.4, 0.5) is 4.39 Å². The molecular formula is C30H27ClFN5O3.